The quantitative estimate of drug-likeness (QED) is 0.493. The van der Waals surface area contributed by atoms with E-state index in [1.165, 1.54) is 57.8 Å². The van der Waals surface area contributed by atoms with Gasteiger partial charge in [-0.2, -0.15) is 0 Å². The van der Waals surface area contributed by atoms with E-state index >= 15 is 0 Å². The van der Waals surface area contributed by atoms with Crippen LogP contribution in [0.3, 0.4) is 0 Å². The fourth-order valence-corrected chi connectivity index (χ4v) is 3.84. The minimum Gasteiger partial charge on any atom is -0.357 e. The minimum atomic E-state index is -0.316. The van der Waals surface area contributed by atoms with E-state index in [1.54, 1.807) is 17.2 Å². The Labute approximate surface area is 164 Å². The molecule has 0 bridgehead atoms. The molecule has 5 heteroatoms. The van der Waals surface area contributed by atoms with E-state index in [2.05, 4.69) is 17.2 Å². The molecule has 1 atom stereocenters. The first-order valence-electron chi connectivity index (χ1n) is 11.0. The highest BCUT2D eigenvalue weighted by Gasteiger charge is 2.34. The Kier molecular flexibility index (Phi) is 10.0. The van der Waals surface area contributed by atoms with Crippen molar-refractivity contribution in [2.24, 2.45) is 0 Å². The zero-order valence-corrected chi connectivity index (χ0v) is 17.0. The summed E-state index contributed by atoms with van der Waals surface area (Å²) >= 11 is 0. The number of aromatic amines is 1. The highest BCUT2D eigenvalue weighted by atomic mass is 16.2. The van der Waals surface area contributed by atoms with Crippen LogP contribution in [0.5, 0.6) is 0 Å². The summed E-state index contributed by atoms with van der Waals surface area (Å²) in [4.78, 5) is 29.6. The lowest BCUT2D eigenvalue weighted by molar-refractivity contribution is -0.124. The Morgan fingerprint density at radius 1 is 1.07 bits per heavy atom. The van der Waals surface area contributed by atoms with Gasteiger partial charge in [-0.15, -0.1) is 0 Å². The number of nitrogens with zero attached hydrogens (tertiary/aromatic N) is 1. The van der Waals surface area contributed by atoms with Crippen LogP contribution in [0.2, 0.25) is 0 Å². The molecule has 2 N–H and O–H groups in total. The fraction of sp³-hybridized carbons (Fsp3) is 0.727. The highest BCUT2D eigenvalue weighted by molar-refractivity contribution is 5.96. The molecule has 0 radical (unpaired) electrons. The second-order valence-electron chi connectivity index (χ2n) is 7.71. The van der Waals surface area contributed by atoms with Crippen LogP contribution in [-0.2, 0) is 4.79 Å². The van der Waals surface area contributed by atoms with Crippen LogP contribution in [0, 0.1) is 0 Å². The lowest BCUT2D eigenvalue weighted by atomic mass is 10.1. The summed E-state index contributed by atoms with van der Waals surface area (Å²) in [6.45, 7) is 3.63. The molecule has 1 aliphatic rings. The number of amides is 2. The minimum absolute atomic E-state index is 0.00308. The number of likely N-dealkylation sites (tertiary alicyclic amines) is 1. The summed E-state index contributed by atoms with van der Waals surface area (Å²) in [5.74, 6) is -0.0695. The van der Waals surface area contributed by atoms with E-state index in [0.717, 1.165) is 25.8 Å². The molecular weight excluding hydrogens is 338 g/mol. The Hall–Kier alpha value is -1.78. The SMILES string of the molecule is CCCCCCCCCCCCNC(=O)C1CCCN1C(=O)c1ccc[nH]1. The molecule has 2 amide bonds. The van der Waals surface area contributed by atoms with Crippen LogP contribution < -0.4 is 5.32 Å². The summed E-state index contributed by atoms with van der Waals surface area (Å²) in [5, 5.41) is 3.04. The molecule has 1 aromatic heterocycles. The van der Waals surface area contributed by atoms with Gasteiger partial charge in [-0.25, -0.2) is 0 Å². The second-order valence-corrected chi connectivity index (χ2v) is 7.71. The maximum atomic E-state index is 12.5. The molecule has 0 aliphatic carbocycles. The van der Waals surface area contributed by atoms with Crippen LogP contribution in [0.15, 0.2) is 18.3 Å². The third-order valence-electron chi connectivity index (χ3n) is 5.47. The first-order chi connectivity index (χ1) is 13.2. The van der Waals surface area contributed by atoms with Gasteiger partial charge in [0.1, 0.15) is 11.7 Å². The summed E-state index contributed by atoms with van der Waals surface area (Å²) in [6, 6.07) is 3.26. The number of unbranched alkanes of at least 4 members (excludes halogenated alkanes) is 9. The lowest BCUT2D eigenvalue weighted by Crippen LogP contribution is -2.46. The van der Waals surface area contributed by atoms with Gasteiger partial charge in [0.2, 0.25) is 5.91 Å². The van der Waals surface area contributed by atoms with E-state index in [0.29, 0.717) is 12.2 Å². The molecule has 0 spiro atoms. The van der Waals surface area contributed by atoms with Crippen LogP contribution >= 0.6 is 0 Å². The molecule has 27 heavy (non-hydrogen) atoms. The number of nitrogens with one attached hydrogen (secondary N) is 2. The van der Waals surface area contributed by atoms with Crippen LogP contribution in [0.1, 0.15) is 94.5 Å². The zero-order valence-electron chi connectivity index (χ0n) is 17.0. The fourth-order valence-electron chi connectivity index (χ4n) is 3.84. The normalized spacial score (nSPS) is 16.6. The second kappa shape index (κ2) is 12.6. The molecule has 1 fully saturated rings. The molecule has 1 saturated heterocycles. The van der Waals surface area contributed by atoms with Gasteiger partial charge in [0.05, 0.1) is 0 Å². The van der Waals surface area contributed by atoms with Gasteiger partial charge in [0, 0.05) is 19.3 Å². The molecule has 0 aromatic carbocycles. The molecule has 2 rings (SSSR count). The number of hydrogen-bond donors (Lipinski definition) is 2. The smallest absolute Gasteiger partial charge is 0.270 e. The molecule has 1 unspecified atom stereocenters. The van der Waals surface area contributed by atoms with Crippen molar-refractivity contribution in [1.82, 2.24) is 15.2 Å². The van der Waals surface area contributed by atoms with E-state index in [-0.39, 0.29) is 17.9 Å². The Morgan fingerprint density at radius 3 is 2.37 bits per heavy atom. The first kappa shape index (κ1) is 21.5. The number of carbonyl (C=O) groups excluding carboxylic acids is 2. The molecular formula is C22H37N3O2. The van der Waals surface area contributed by atoms with Crippen molar-refractivity contribution < 1.29 is 9.59 Å². The first-order valence-corrected chi connectivity index (χ1v) is 11.0. The Balaban J connectivity index is 1.54. The van der Waals surface area contributed by atoms with Crippen molar-refractivity contribution in [3.05, 3.63) is 24.0 Å². The highest BCUT2D eigenvalue weighted by Crippen LogP contribution is 2.20. The topological polar surface area (TPSA) is 65.2 Å². The number of carbonyl (C=O) groups is 2. The van der Waals surface area contributed by atoms with Crippen LogP contribution in [0.25, 0.3) is 0 Å². The maximum Gasteiger partial charge on any atom is 0.270 e. The monoisotopic (exact) mass is 375 g/mol. The third-order valence-corrected chi connectivity index (χ3v) is 5.47. The zero-order chi connectivity index (χ0) is 19.3. The molecule has 152 valence electrons. The summed E-state index contributed by atoms with van der Waals surface area (Å²) in [7, 11) is 0. The van der Waals surface area contributed by atoms with Crippen LogP contribution in [-0.4, -0.2) is 40.8 Å². The van der Waals surface area contributed by atoms with Crippen molar-refractivity contribution in [2.75, 3.05) is 13.1 Å². The van der Waals surface area contributed by atoms with Gasteiger partial charge in [-0.3, -0.25) is 9.59 Å². The van der Waals surface area contributed by atoms with E-state index in [4.69, 9.17) is 0 Å². The standard InChI is InChI=1S/C22H37N3O2/c1-2-3-4-5-6-7-8-9-10-11-16-24-21(26)20-15-13-18-25(20)22(27)19-14-12-17-23-19/h12,14,17,20,23H,2-11,13,15-16,18H2,1H3,(H,24,26). The predicted molar refractivity (Wildman–Crippen MR) is 110 cm³/mol. The summed E-state index contributed by atoms with van der Waals surface area (Å²) < 4.78 is 0. The Bertz CT molecular complexity index is 542. The van der Waals surface area contributed by atoms with Gasteiger partial charge < -0.3 is 15.2 Å². The van der Waals surface area contributed by atoms with Crippen LogP contribution in [0.4, 0.5) is 0 Å². The number of hydrogen-bond acceptors (Lipinski definition) is 2. The summed E-state index contributed by atoms with van der Waals surface area (Å²) in [5.41, 5.74) is 0.560. The lowest BCUT2D eigenvalue weighted by Gasteiger charge is -2.23. The van der Waals surface area contributed by atoms with Crippen molar-refractivity contribution in [3.63, 3.8) is 0 Å². The number of rotatable bonds is 13. The molecule has 0 saturated carbocycles. The average Bonchev–Trinajstić information content (AvgIpc) is 3.37. The van der Waals surface area contributed by atoms with E-state index in [1.807, 2.05) is 6.07 Å². The van der Waals surface area contributed by atoms with Gasteiger partial charge in [0.25, 0.3) is 5.91 Å². The number of H-pyrrole nitrogens is 1. The van der Waals surface area contributed by atoms with Crippen molar-refractivity contribution >= 4 is 11.8 Å². The third kappa shape index (κ3) is 7.39. The average molecular weight is 376 g/mol. The van der Waals surface area contributed by atoms with Gasteiger partial charge in [0.15, 0.2) is 0 Å². The van der Waals surface area contributed by atoms with Crippen molar-refractivity contribution in [3.8, 4) is 0 Å². The van der Waals surface area contributed by atoms with E-state index < -0.39 is 0 Å². The predicted octanol–water partition coefficient (Wildman–Crippen LogP) is 4.66. The molecule has 2 heterocycles. The molecule has 1 aliphatic heterocycles. The van der Waals surface area contributed by atoms with Crippen molar-refractivity contribution in [2.45, 2.75) is 90.0 Å². The number of aromatic nitrogens is 1. The van der Waals surface area contributed by atoms with Gasteiger partial charge in [-0.05, 0) is 31.4 Å². The maximum absolute atomic E-state index is 12.5. The largest absolute Gasteiger partial charge is 0.357 e. The Morgan fingerprint density at radius 2 is 1.74 bits per heavy atom. The van der Waals surface area contributed by atoms with Gasteiger partial charge >= 0.3 is 0 Å². The van der Waals surface area contributed by atoms with Crippen molar-refractivity contribution in [1.29, 1.82) is 0 Å². The molecule has 5 nitrogen and oxygen atoms in total. The van der Waals surface area contributed by atoms with E-state index in [9.17, 15) is 9.59 Å². The summed E-state index contributed by atoms with van der Waals surface area (Å²) in [6.07, 6.45) is 16.3. The molecule has 1 aromatic rings. The van der Waals surface area contributed by atoms with Gasteiger partial charge in [-0.1, -0.05) is 64.7 Å².